The Hall–Kier alpha value is -1.42. The Morgan fingerprint density at radius 2 is 2.19 bits per heavy atom. The summed E-state index contributed by atoms with van der Waals surface area (Å²) >= 11 is 1.61. The lowest BCUT2D eigenvalue weighted by Crippen LogP contribution is -2.49. The summed E-state index contributed by atoms with van der Waals surface area (Å²) in [6.45, 7) is 6.61. The minimum Gasteiger partial charge on any atom is -0.376 e. The highest BCUT2D eigenvalue weighted by Gasteiger charge is 2.26. The molecule has 1 aliphatic carbocycles. The second-order valence-electron chi connectivity index (χ2n) is 7.38. The molecule has 142 valence electrons. The Morgan fingerprint density at radius 1 is 1.38 bits per heavy atom. The average molecular weight is 376 g/mol. The molecule has 2 heterocycles. The van der Waals surface area contributed by atoms with Crippen molar-refractivity contribution < 1.29 is 9.53 Å². The lowest BCUT2D eigenvalue weighted by Gasteiger charge is -2.38. The molecule has 1 aromatic heterocycles. The number of fused-ring (bicyclic) bond motifs is 1. The number of amides is 1. The summed E-state index contributed by atoms with van der Waals surface area (Å²) in [7, 11) is 0. The van der Waals surface area contributed by atoms with Crippen LogP contribution in [0.2, 0.25) is 0 Å². The van der Waals surface area contributed by atoms with Crippen LogP contribution in [0.15, 0.2) is 0 Å². The second kappa shape index (κ2) is 8.98. The summed E-state index contributed by atoms with van der Waals surface area (Å²) in [6.07, 6.45) is 7.26. The highest BCUT2D eigenvalue weighted by Crippen LogP contribution is 2.37. The van der Waals surface area contributed by atoms with Gasteiger partial charge in [-0.1, -0.05) is 13.3 Å². The number of carbonyl (C=O) groups is 1. The van der Waals surface area contributed by atoms with Gasteiger partial charge in [-0.2, -0.15) is 5.26 Å². The minimum absolute atomic E-state index is 0.00640. The third kappa shape index (κ3) is 4.46. The summed E-state index contributed by atoms with van der Waals surface area (Å²) < 4.78 is 5.72. The molecule has 26 heavy (non-hydrogen) atoms. The van der Waals surface area contributed by atoms with Gasteiger partial charge >= 0.3 is 0 Å². The molecule has 0 spiro atoms. The van der Waals surface area contributed by atoms with Gasteiger partial charge in [-0.15, -0.1) is 11.3 Å². The molecular weight excluding hydrogens is 346 g/mol. The number of nitrogens with zero attached hydrogens (tertiary/aromatic N) is 2. The van der Waals surface area contributed by atoms with Crippen LogP contribution in [0.5, 0.6) is 0 Å². The minimum atomic E-state index is 0.00640. The Bertz CT molecular complexity index is 679. The van der Waals surface area contributed by atoms with Crippen LogP contribution in [0.1, 0.15) is 62.0 Å². The van der Waals surface area contributed by atoms with E-state index < -0.39 is 0 Å². The zero-order valence-electron chi connectivity index (χ0n) is 15.8. The highest BCUT2D eigenvalue weighted by molar-refractivity contribution is 7.16. The van der Waals surface area contributed by atoms with Gasteiger partial charge in [0.05, 0.1) is 18.3 Å². The van der Waals surface area contributed by atoms with Crippen LogP contribution < -0.4 is 5.32 Å². The Kier molecular flexibility index (Phi) is 6.68. The molecule has 5 nitrogen and oxygen atoms in total. The van der Waals surface area contributed by atoms with Crippen LogP contribution in [-0.2, 0) is 22.4 Å². The molecular formula is C20H29N3O2S. The van der Waals surface area contributed by atoms with Crippen LogP contribution in [0, 0.1) is 11.3 Å². The fraction of sp³-hybridized carbons (Fsp3) is 0.700. The number of hydrogen-bond acceptors (Lipinski definition) is 5. The van der Waals surface area contributed by atoms with Crippen molar-refractivity contribution in [1.82, 2.24) is 4.90 Å². The van der Waals surface area contributed by atoms with E-state index in [1.807, 2.05) is 0 Å². The van der Waals surface area contributed by atoms with Crippen molar-refractivity contribution in [2.24, 2.45) is 0 Å². The molecule has 0 saturated carbocycles. The zero-order chi connectivity index (χ0) is 18.5. The maximum atomic E-state index is 12.5. The predicted molar refractivity (Wildman–Crippen MR) is 105 cm³/mol. The van der Waals surface area contributed by atoms with Gasteiger partial charge in [0.1, 0.15) is 11.1 Å². The van der Waals surface area contributed by atoms with Crippen molar-refractivity contribution in [1.29, 1.82) is 5.26 Å². The van der Waals surface area contributed by atoms with Crippen molar-refractivity contribution in [3.05, 3.63) is 16.0 Å². The van der Waals surface area contributed by atoms with Crippen LogP contribution in [0.25, 0.3) is 0 Å². The Morgan fingerprint density at radius 3 is 2.96 bits per heavy atom. The molecule has 0 bridgehead atoms. The van der Waals surface area contributed by atoms with Crippen LogP contribution in [-0.4, -0.2) is 42.6 Å². The van der Waals surface area contributed by atoms with E-state index >= 15 is 0 Å². The van der Waals surface area contributed by atoms with Crippen molar-refractivity contribution in [3.8, 4) is 6.07 Å². The molecule has 0 unspecified atom stereocenters. The number of thiophene rings is 1. The molecule has 1 amide bonds. The Labute approximate surface area is 160 Å². The first kappa shape index (κ1) is 19.3. The number of carbonyl (C=O) groups excluding carboxylic acids is 1. The van der Waals surface area contributed by atoms with Gasteiger partial charge < -0.3 is 10.1 Å². The van der Waals surface area contributed by atoms with Gasteiger partial charge in [0.15, 0.2) is 0 Å². The van der Waals surface area contributed by atoms with Crippen molar-refractivity contribution >= 4 is 22.2 Å². The number of rotatable bonds is 5. The molecule has 1 aliphatic heterocycles. The van der Waals surface area contributed by atoms with Crippen LogP contribution in [0.4, 0.5) is 5.00 Å². The van der Waals surface area contributed by atoms with E-state index in [1.165, 1.54) is 23.3 Å². The second-order valence-corrected chi connectivity index (χ2v) is 8.48. The number of anilines is 1. The van der Waals surface area contributed by atoms with E-state index in [0.29, 0.717) is 18.0 Å². The third-order valence-corrected chi connectivity index (χ3v) is 6.67. The summed E-state index contributed by atoms with van der Waals surface area (Å²) in [5.74, 6) is 0.00640. The van der Waals surface area contributed by atoms with E-state index in [2.05, 4.69) is 30.1 Å². The highest BCUT2D eigenvalue weighted by atomic mass is 32.1. The molecule has 1 N–H and O–H groups in total. The monoisotopic (exact) mass is 375 g/mol. The molecule has 0 radical (unpaired) electrons. The number of nitrogens with one attached hydrogen (secondary N) is 1. The molecule has 1 fully saturated rings. The molecule has 2 atom stereocenters. The van der Waals surface area contributed by atoms with Crippen molar-refractivity contribution in [3.63, 3.8) is 0 Å². The number of ether oxygens (including phenoxy) is 1. The molecule has 2 aliphatic rings. The van der Waals surface area contributed by atoms with E-state index in [9.17, 15) is 10.1 Å². The fourth-order valence-corrected chi connectivity index (χ4v) is 5.20. The van der Waals surface area contributed by atoms with E-state index in [1.54, 1.807) is 11.3 Å². The van der Waals surface area contributed by atoms with Gasteiger partial charge in [-0.05, 0) is 44.6 Å². The standard InChI is InChI=1S/C20H29N3O2S/c1-3-15-13-25-14(2)12-23(15)10-9-19(24)22-20-17(11-21)16-7-5-4-6-8-18(16)26-20/h14-15H,3-10,12-13H2,1-2H3,(H,22,24)/t14-,15+/m1/s1. The lowest BCUT2D eigenvalue weighted by molar-refractivity contribution is -0.117. The zero-order valence-corrected chi connectivity index (χ0v) is 16.7. The van der Waals surface area contributed by atoms with Gasteiger partial charge in [0, 0.05) is 30.4 Å². The summed E-state index contributed by atoms with van der Waals surface area (Å²) in [4.78, 5) is 16.2. The van der Waals surface area contributed by atoms with Crippen LogP contribution >= 0.6 is 11.3 Å². The average Bonchev–Trinajstić information content (AvgIpc) is 2.79. The van der Waals surface area contributed by atoms with E-state index in [0.717, 1.165) is 50.4 Å². The summed E-state index contributed by atoms with van der Waals surface area (Å²) in [5, 5.41) is 13.4. The largest absolute Gasteiger partial charge is 0.376 e. The van der Waals surface area contributed by atoms with Crippen LogP contribution in [0.3, 0.4) is 0 Å². The number of morpholine rings is 1. The number of hydrogen-bond donors (Lipinski definition) is 1. The smallest absolute Gasteiger partial charge is 0.226 e. The lowest BCUT2D eigenvalue weighted by atomic mass is 10.1. The van der Waals surface area contributed by atoms with Crippen molar-refractivity contribution in [2.45, 2.75) is 70.9 Å². The van der Waals surface area contributed by atoms with E-state index in [-0.39, 0.29) is 12.0 Å². The first-order chi connectivity index (χ1) is 12.6. The van der Waals surface area contributed by atoms with Crippen molar-refractivity contribution in [2.75, 3.05) is 25.0 Å². The summed E-state index contributed by atoms with van der Waals surface area (Å²) in [5.41, 5.74) is 1.88. The molecule has 3 rings (SSSR count). The number of aryl methyl sites for hydroxylation is 1. The maximum absolute atomic E-state index is 12.5. The first-order valence-electron chi connectivity index (χ1n) is 9.82. The van der Waals surface area contributed by atoms with Gasteiger partial charge in [0.25, 0.3) is 0 Å². The molecule has 6 heteroatoms. The number of nitriles is 1. The Balaban J connectivity index is 1.61. The van der Waals surface area contributed by atoms with Gasteiger partial charge in [0.2, 0.25) is 5.91 Å². The van der Waals surface area contributed by atoms with Gasteiger partial charge in [-0.3, -0.25) is 9.69 Å². The van der Waals surface area contributed by atoms with Gasteiger partial charge in [-0.25, -0.2) is 0 Å². The third-order valence-electron chi connectivity index (χ3n) is 5.46. The quantitative estimate of drug-likeness (QED) is 0.797. The molecule has 1 aromatic rings. The molecule has 1 saturated heterocycles. The summed E-state index contributed by atoms with van der Waals surface area (Å²) in [6, 6.07) is 2.73. The predicted octanol–water partition coefficient (Wildman–Crippen LogP) is 3.72. The fourth-order valence-electron chi connectivity index (χ4n) is 3.95. The first-order valence-corrected chi connectivity index (χ1v) is 10.6. The topological polar surface area (TPSA) is 65.4 Å². The van der Waals surface area contributed by atoms with E-state index in [4.69, 9.17) is 4.74 Å². The molecule has 0 aromatic carbocycles. The normalized spacial score (nSPS) is 23.7. The maximum Gasteiger partial charge on any atom is 0.226 e. The SMILES string of the molecule is CC[C@H]1CO[C@H](C)CN1CCC(=O)Nc1sc2c(c1C#N)CCCCC2.